The molecule has 1 saturated heterocycles. The lowest BCUT2D eigenvalue weighted by atomic mass is 9.93. The van der Waals surface area contributed by atoms with Gasteiger partial charge >= 0.3 is 0 Å². The Hall–Kier alpha value is -0.770. The normalized spacial score (nSPS) is 17.8. The van der Waals surface area contributed by atoms with Crippen LogP contribution in [0.1, 0.15) is 13.8 Å². The van der Waals surface area contributed by atoms with E-state index >= 15 is 0 Å². The zero-order chi connectivity index (χ0) is 13.9. The second-order valence-corrected chi connectivity index (χ2v) is 6.55. The Bertz CT molecular complexity index is 412. The molecule has 2 rings (SSSR count). The predicted octanol–water partition coefficient (Wildman–Crippen LogP) is 2.45. The van der Waals surface area contributed by atoms with Gasteiger partial charge in [-0.1, -0.05) is 31.5 Å². The maximum absolute atomic E-state index is 6.05. The van der Waals surface area contributed by atoms with Crippen LogP contribution in [0, 0.1) is 5.41 Å². The Morgan fingerprint density at radius 1 is 1.21 bits per heavy atom. The van der Waals surface area contributed by atoms with Gasteiger partial charge in [-0.3, -0.25) is 4.90 Å². The Balaban J connectivity index is 1.89. The van der Waals surface area contributed by atoms with Gasteiger partial charge in [-0.05, 0) is 30.2 Å². The van der Waals surface area contributed by atoms with Gasteiger partial charge in [0.05, 0.1) is 0 Å². The molecule has 0 amide bonds. The lowest BCUT2D eigenvalue weighted by molar-refractivity contribution is 0.174. The van der Waals surface area contributed by atoms with Crippen LogP contribution in [0.2, 0.25) is 5.02 Å². The summed E-state index contributed by atoms with van der Waals surface area (Å²) in [5, 5.41) is 0.809. The van der Waals surface area contributed by atoms with E-state index in [2.05, 4.69) is 29.7 Å². The van der Waals surface area contributed by atoms with E-state index in [1.54, 1.807) is 0 Å². The average Bonchev–Trinajstić information content (AvgIpc) is 2.39. The van der Waals surface area contributed by atoms with Gasteiger partial charge in [0.2, 0.25) is 0 Å². The molecule has 1 aromatic carbocycles. The van der Waals surface area contributed by atoms with Crippen molar-refractivity contribution in [3.8, 4) is 0 Å². The van der Waals surface area contributed by atoms with Crippen molar-refractivity contribution in [3.05, 3.63) is 29.3 Å². The highest BCUT2D eigenvalue weighted by atomic mass is 35.5. The number of nitrogens with two attached hydrogens (primary N) is 1. The molecule has 1 aliphatic heterocycles. The summed E-state index contributed by atoms with van der Waals surface area (Å²) in [5.74, 6) is 0. The van der Waals surface area contributed by atoms with Crippen molar-refractivity contribution in [2.75, 3.05) is 44.2 Å². The van der Waals surface area contributed by atoms with Crippen molar-refractivity contribution in [2.45, 2.75) is 13.8 Å². The van der Waals surface area contributed by atoms with Gasteiger partial charge in [0.15, 0.2) is 0 Å². The Labute approximate surface area is 121 Å². The van der Waals surface area contributed by atoms with Crippen LogP contribution in [0.25, 0.3) is 0 Å². The number of hydrogen-bond donors (Lipinski definition) is 1. The number of benzene rings is 1. The molecule has 3 nitrogen and oxygen atoms in total. The first-order valence-electron chi connectivity index (χ1n) is 6.93. The minimum absolute atomic E-state index is 0.207. The highest BCUT2D eigenvalue weighted by Gasteiger charge is 2.23. The summed E-state index contributed by atoms with van der Waals surface area (Å²) in [5.41, 5.74) is 7.24. The molecule has 0 bridgehead atoms. The van der Waals surface area contributed by atoms with Crippen molar-refractivity contribution in [3.63, 3.8) is 0 Å². The van der Waals surface area contributed by atoms with Crippen LogP contribution in [0.5, 0.6) is 0 Å². The second-order valence-electron chi connectivity index (χ2n) is 6.11. The van der Waals surface area contributed by atoms with Gasteiger partial charge in [0.1, 0.15) is 0 Å². The third kappa shape index (κ3) is 4.10. The Morgan fingerprint density at radius 2 is 1.89 bits per heavy atom. The Morgan fingerprint density at radius 3 is 2.47 bits per heavy atom. The molecule has 1 aromatic rings. The summed E-state index contributed by atoms with van der Waals surface area (Å²) >= 11 is 6.05. The highest BCUT2D eigenvalue weighted by molar-refractivity contribution is 6.30. The van der Waals surface area contributed by atoms with Crippen LogP contribution in [0.4, 0.5) is 5.69 Å². The molecule has 1 aliphatic rings. The third-order valence-corrected chi connectivity index (χ3v) is 3.98. The predicted molar refractivity (Wildman–Crippen MR) is 82.9 cm³/mol. The van der Waals surface area contributed by atoms with Crippen molar-refractivity contribution >= 4 is 17.3 Å². The first kappa shape index (κ1) is 14.6. The van der Waals surface area contributed by atoms with E-state index in [0.717, 1.165) is 44.3 Å². The van der Waals surface area contributed by atoms with Gasteiger partial charge in [0.25, 0.3) is 0 Å². The lowest BCUT2D eigenvalue weighted by Crippen LogP contribution is -2.50. The standard InChI is InChI=1S/C15H24ClN3/c1-15(2,11-17)12-18-6-8-19(9-7-18)14-5-3-4-13(16)10-14/h3-5,10H,6-9,11-12,17H2,1-2H3. The van der Waals surface area contributed by atoms with Gasteiger partial charge < -0.3 is 10.6 Å². The summed E-state index contributed by atoms with van der Waals surface area (Å²) < 4.78 is 0. The number of anilines is 1. The molecule has 0 atom stereocenters. The first-order chi connectivity index (χ1) is 9.00. The summed E-state index contributed by atoms with van der Waals surface area (Å²) in [4.78, 5) is 4.91. The van der Waals surface area contributed by atoms with Crippen LogP contribution in [0.15, 0.2) is 24.3 Å². The molecule has 19 heavy (non-hydrogen) atoms. The lowest BCUT2D eigenvalue weighted by Gasteiger charge is -2.39. The van der Waals surface area contributed by atoms with Crippen LogP contribution in [-0.2, 0) is 0 Å². The van der Waals surface area contributed by atoms with Crippen LogP contribution >= 0.6 is 11.6 Å². The largest absolute Gasteiger partial charge is 0.369 e. The van der Waals surface area contributed by atoms with Gasteiger partial charge in [-0.25, -0.2) is 0 Å². The molecule has 0 unspecified atom stereocenters. The summed E-state index contributed by atoms with van der Waals surface area (Å²) in [6, 6.07) is 8.11. The van der Waals surface area contributed by atoms with E-state index in [1.165, 1.54) is 5.69 Å². The Kier molecular flexibility index (Phi) is 4.71. The molecule has 106 valence electrons. The number of halogens is 1. The van der Waals surface area contributed by atoms with Crippen molar-refractivity contribution in [1.82, 2.24) is 4.90 Å². The number of rotatable bonds is 4. The summed E-state index contributed by atoms with van der Waals surface area (Å²) in [6.45, 7) is 10.6. The van der Waals surface area contributed by atoms with E-state index < -0.39 is 0 Å². The zero-order valence-corrected chi connectivity index (χ0v) is 12.7. The smallest absolute Gasteiger partial charge is 0.0426 e. The van der Waals surface area contributed by atoms with Gasteiger partial charge in [-0.15, -0.1) is 0 Å². The van der Waals surface area contributed by atoms with E-state index in [9.17, 15) is 0 Å². The highest BCUT2D eigenvalue weighted by Crippen LogP contribution is 2.22. The minimum Gasteiger partial charge on any atom is -0.369 e. The molecule has 1 fully saturated rings. The van der Waals surface area contributed by atoms with E-state index in [4.69, 9.17) is 17.3 Å². The number of hydrogen-bond acceptors (Lipinski definition) is 3. The second kappa shape index (κ2) is 6.12. The zero-order valence-electron chi connectivity index (χ0n) is 11.9. The molecule has 0 saturated carbocycles. The van der Waals surface area contributed by atoms with Crippen LogP contribution < -0.4 is 10.6 Å². The van der Waals surface area contributed by atoms with Crippen LogP contribution in [0.3, 0.4) is 0 Å². The monoisotopic (exact) mass is 281 g/mol. The van der Waals surface area contributed by atoms with Crippen LogP contribution in [-0.4, -0.2) is 44.2 Å². The maximum Gasteiger partial charge on any atom is 0.0426 e. The van der Waals surface area contributed by atoms with Gasteiger partial charge in [-0.2, -0.15) is 0 Å². The topological polar surface area (TPSA) is 32.5 Å². The average molecular weight is 282 g/mol. The molecule has 4 heteroatoms. The molecule has 0 aliphatic carbocycles. The molecule has 0 spiro atoms. The van der Waals surface area contributed by atoms with Gasteiger partial charge in [0, 0.05) is 43.4 Å². The van der Waals surface area contributed by atoms with Crippen molar-refractivity contribution in [1.29, 1.82) is 0 Å². The number of piperazine rings is 1. The summed E-state index contributed by atoms with van der Waals surface area (Å²) in [7, 11) is 0. The van der Waals surface area contributed by atoms with E-state index in [1.807, 2.05) is 18.2 Å². The number of nitrogens with zero attached hydrogens (tertiary/aromatic N) is 2. The fourth-order valence-corrected chi connectivity index (χ4v) is 2.69. The van der Waals surface area contributed by atoms with Crippen molar-refractivity contribution in [2.24, 2.45) is 11.1 Å². The van der Waals surface area contributed by atoms with E-state index in [0.29, 0.717) is 0 Å². The molecule has 1 heterocycles. The molecular formula is C15H24ClN3. The SMILES string of the molecule is CC(C)(CN)CN1CCN(c2cccc(Cl)c2)CC1. The maximum atomic E-state index is 6.05. The first-order valence-corrected chi connectivity index (χ1v) is 7.31. The van der Waals surface area contributed by atoms with E-state index in [-0.39, 0.29) is 5.41 Å². The quantitative estimate of drug-likeness (QED) is 0.920. The summed E-state index contributed by atoms with van der Waals surface area (Å²) in [6.07, 6.45) is 0. The third-order valence-electron chi connectivity index (χ3n) is 3.75. The van der Waals surface area contributed by atoms with Crippen molar-refractivity contribution < 1.29 is 0 Å². The fourth-order valence-electron chi connectivity index (χ4n) is 2.51. The molecule has 0 aromatic heterocycles. The molecule has 2 N–H and O–H groups in total. The molecule has 0 radical (unpaired) electrons. The molecular weight excluding hydrogens is 258 g/mol. The fraction of sp³-hybridized carbons (Fsp3) is 0.600. The minimum atomic E-state index is 0.207.